The highest BCUT2D eigenvalue weighted by atomic mass is 16.5. The number of para-hydroxylation sites is 2. The Morgan fingerprint density at radius 2 is 1.18 bits per heavy atom. The van der Waals surface area contributed by atoms with Crippen LogP contribution in [0.2, 0.25) is 0 Å². The average Bonchev–Trinajstić information content (AvgIpc) is 3.85. The Kier molecular flexibility index (Phi) is 7.40. The van der Waals surface area contributed by atoms with Crippen LogP contribution in [0.25, 0.3) is 49.9 Å². The van der Waals surface area contributed by atoms with Gasteiger partial charge in [0.15, 0.2) is 0 Å². The molecule has 13 rings (SSSR count). The highest BCUT2D eigenvalue weighted by molar-refractivity contribution is 6.09. The fourth-order valence-electron chi connectivity index (χ4n) is 10.6. The van der Waals surface area contributed by atoms with Crippen LogP contribution in [0, 0.1) is 0 Å². The summed E-state index contributed by atoms with van der Waals surface area (Å²) in [4.78, 5) is 9.59. The molecule has 0 radical (unpaired) electrons. The van der Waals surface area contributed by atoms with Gasteiger partial charge in [0.2, 0.25) is 0 Å². The third kappa shape index (κ3) is 4.83. The Bertz CT molecular complexity index is 3330. The third-order valence-corrected chi connectivity index (χ3v) is 13.1. The molecule has 2 aromatic heterocycles. The SMILES string of the molecule is CN1CN2c3cc(Oc4ccc5c6ccccc6n(-c6ccccn6)c5c4)ccc3C3(c4cccc1c42)c1c(cccc1-c1ccccc1)Oc1cccc(-c2ccccc2)c13. The van der Waals surface area contributed by atoms with E-state index in [1.807, 2.05) is 18.3 Å². The second kappa shape index (κ2) is 13.2. The van der Waals surface area contributed by atoms with Gasteiger partial charge < -0.3 is 19.3 Å². The summed E-state index contributed by atoms with van der Waals surface area (Å²) in [7, 11) is 2.19. The molecule has 3 aliphatic heterocycles. The fraction of sp³-hybridized carbons (Fsp3) is 0.0536. The zero-order valence-corrected chi connectivity index (χ0v) is 33.9. The lowest BCUT2D eigenvalue weighted by Crippen LogP contribution is -2.41. The standard InChI is InChI=1S/C56H38N4O2/c1-58-35-59-49-34-39(61-38-28-30-43-42-19-8-9-23-46(42)60(48(43)33-38)52-27-10-11-32-57-52)29-31-44(49)56(45-22-14-24-47(58)55(45)59)53-40(36-15-4-2-5-16-36)20-12-25-50(53)62-51-26-13-21-41(54(51)56)37-17-6-3-7-18-37/h2-34H,35H2,1H3. The van der Waals surface area contributed by atoms with Gasteiger partial charge in [-0.05, 0) is 88.0 Å². The van der Waals surface area contributed by atoms with Crippen molar-refractivity contribution in [2.45, 2.75) is 5.41 Å². The van der Waals surface area contributed by atoms with E-state index in [9.17, 15) is 0 Å². The van der Waals surface area contributed by atoms with Gasteiger partial charge in [-0.2, -0.15) is 0 Å². The first-order chi connectivity index (χ1) is 30.7. The maximum absolute atomic E-state index is 7.10. The minimum Gasteiger partial charge on any atom is -0.457 e. The molecule has 0 atom stereocenters. The molecule has 62 heavy (non-hydrogen) atoms. The van der Waals surface area contributed by atoms with Gasteiger partial charge in [-0.3, -0.25) is 4.57 Å². The maximum atomic E-state index is 7.10. The Labute approximate surface area is 359 Å². The summed E-state index contributed by atoms with van der Waals surface area (Å²) in [6.45, 7) is 0.700. The summed E-state index contributed by atoms with van der Waals surface area (Å²) >= 11 is 0. The van der Waals surface area contributed by atoms with Crippen LogP contribution in [0.15, 0.2) is 200 Å². The Morgan fingerprint density at radius 3 is 1.90 bits per heavy atom. The lowest BCUT2D eigenvalue weighted by atomic mass is 9.58. The first-order valence-electron chi connectivity index (χ1n) is 21.1. The van der Waals surface area contributed by atoms with Gasteiger partial charge in [0.25, 0.3) is 0 Å². The van der Waals surface area contributed by atoms with Crippen molar-refractivity contribution in [3.05, 3.63) is 223 Å². The van der Waals surface area contributed by atoms with Crippen LogP contribution < -0.4 is 19.3 Å². The molecule has 0 aliphatic carbocycles. The minimum atomic E-state index is -0.787. The second-order valence-electron chi connectivity index (χ2n) is 16.4. The van der Waals surface area contributed by atoms with E-state index in [1.165, 1.54) is 27.9 Å². The quantitative estimate of drug-likeness (QED) is 0.173. The lowest BCUT2D eigenvalue weighted by Gasteiger charge is -2.49. The second-order valence-corrected chi connectivity index (χ2v) is 16.4. The highest BCUT2D eigenvalue weighted by Gasteiger charge is 2.55. The van der Waals surface area contributed by atoms with E-state index in [0.29, 0.717) is 6.67 Å². The molecule has 0 saturated heterocycles. The van der Waals surface area contributed by atoms with E-state index < -0.39 is 5.41 Å². The zero-order valence-electron chi connectivity index (χ0n) is 33.9. The van der Waals surface area contributed by atoms with E-state index in [4.69, 9.17) is 14.5 Å². The number of benzene rings is 8. The van der Waals surface area contributed by atoms with Crippen LogP contribution in [-0.2, 0) is 5.41 Å². The molecular weight excluding hydrogens is 761 g/mol. The molecule has 294 valence electrons. The van der Waals surface area contributed by atoms with Crippen molar-refractivity contribution in [3.63, 3.8) is 0 Å². The van der Waals surface area contributed by atoms with Gasteiger partial charge in [-0.15, -0.1) is 0 Å². The largest absolute Gasteiger partial charge is 0.457 e. The minimum absolute atomic E-state index is 0.700. The van der Waals surface area contributed by atoms with Gasteiger partial charge in [0.05, 0.1) is 40.2 Å². The van der Waals surface area contributed by atoms with E-state index >= 15 is 0 Å². The molecular formula is C56H38N4O2. The molecule has 0 fully saturated rings. The van der Waals surface area contributed by atoms with Crippen LogP contribution in [0.1, 0.15) is 22.3 Å². The van der Waals surface area contributed by atoms with E-state index in [-0.39, 0.29) is 0 Å². The molecule has 0 saturated carbocycles. The first kappa shape index (κ1) is 34.7. The predicted molar refractivity (Wildman–Crippen MR) is 250 cm³/mol. The summed E-state index contributed by atoms with van der Waals surface area (Å²) < 4.78 is 16.3. The average molecular weight is 799 g/mol. The van der Waals surface area contributed by atoms with Crippen molar-refractivity contribution in [2.75, 3.05) is 23.5 Å². The van der Waals surface area contributed by atoms with Crippen LogP contribution in [0.3, 0.4) is 0 Å². The van der Waals surface area contributed by atoms with Gasteiger partial charge >= 0.3 is 0 Å². The van der Waals surface area contributed by atoms with Crippen molar-refractivity contribution < 1.29 is 9.47 Å². The Balaban J connectivity index is 1.08. The number of pyridine rings is 1. The normalized spacial score (nSPS) is 14.0. The number of rotatable bonds is 5. The number of aromatic nitrogens is 2. The number of hydrogen-bond donors (Lipinski definition) is 0. The third-order valence-electron chi connectivity index (χ3n) is 13.1. The summed E-state index contributed by atoms with van der Waals surface area (Å²) in [5, 5.41) is 2.32. The molecule has 3 aliphatic rings. The smallest absolute Gasteiger partial charge is 0.137 e. The van der Waals surface area contributed by atoms with Crippen molar-refractivity contribution >= 4 is 38.9 Å². The summed E-state index contributed by atoms with van der Waals surface area (Å²) in [6.07, 6.45) is 1.84. The highest BCUT2D eigenvalue weighted by Crippen LogP contribution is 2.67. The van der Waals surface area contributed by atoms with Gasteiger partial charge in [0, 0.05) is 47.3 Å². The number of ether oxygens (including phenoxy) is 2. The van der Waals surface area contributed by atoms with E-state index in [2.05, 4.69) is 203 Å². The first-order valence-corrected chi connectivity index (χ1v) is 21.1. The number of anilines is 3. The predicted octanol–water partition coefficient (Wildman–Crippen LogP) is 13.7. The summed E-state index contributed by atoms with van der Waals surface area (Å²) in [5.41, 5.74) is 14.1. The fourth-order valence-corrected chi connectivity index (χ4v) is 10.6. The monoisotopic (exact) mass is 798 g/mol. The van der Waals surface area contributed by atoms with Crippen molar-refractivity contribution in [1.82, 2.24) is 9.55 Å². The molecule has 6 nitrogen and oxygen atoms in total. The van der Waals surface area contributed by atoms with Crippen molar-refractivity contribution in [1.29, 1.82) is 0 Å². The van der Waals surface area contributed by atoms with Gasteiger partial charge in [-0.25, -0.2) is 4.98 Å². The van der Waals surface area contributed by atoms with Crippen LogP contribution in [-0.4, -0.2) is 23.3 Å². The molecule has 8 aromatic carbocycles. The summed E-state index contributed by atoms with van der Waals surface area (Å²) in [6, 6.07) is 69.0. The zero-order chi connectivity index (χ0) is 40.9. The van der Waals surface area contributed by atoms with Crippen LogP contribution in [0.4, 0.5) is 17.1 Å². The number of fused-ring (bicyclic) bond motifs is 11. The molecule has 0 bridgehead atoms. The topological polar surface area (TPSA) is 42.8 Å². The maximum Gasteiger partial charge on any atom is 0.137 e. The van der Waals surface area contributed by atoms with Gasteiger partial charge in [0.1, 0.15) is 28.8 Å². The molecule has 0 unspecified atom stereocenters. The molecule has 0 N–H and O–H groups in total. The Hall–Kier alpha value is -8.09. The Morgan fingerprint density at radius 1 is 0.532 bits per heavy atom. The van der Waals surface area contributed by atoms with E-state index in [1.54, 1.807) is 0 Å². The number of nitrogens with zero attached hydrogens (tertiary/aromatic N) is 4. The molecule has 1 spiro atoms. The molecule has 6 heteroatoms. The van der Waals surface area contributed by atoms with Crippen molar-refractivity contribution in [3.8, 4) is 51.1 Å². The molecule has 10 aromatic rings. The number of hydrogen-bond acceptors (Lipinski definition) is 5. The van der Waals surface area contributed by atoms with Crippen LogP contribution >= 0.6 is 0 Å². The van der Waals surface area contributed by atoms with Gasteiger partial charge in [-0.1, -0.05) is 127 Å². The molecule has 5 heterocycles. The van der Waals surface area contributed by atoms with Crippen molar-refractivity contribution in [2.24, 2.45) is 0 Å². The summed E-state index contributed by atoms with van der Waals surface area (Å²) in [5.74, 6) is 4.08. The molecule has 0 amide bonds. The van der Waals surface area contributed by atoms with Crippen LogP contribution in [0.5, 0.6) is 23.0 Å². The van der Waals surface area contributed by atoms with E-state index in [0.717, 1.165) is 84.3 Å². The lowest BCUT2D eigenvalue weighted by molar-refractivity contribution is 0.435.